The van der Waals surface area contributed by atoms with E-state index in [-0.39, 0.29) is 18.5 Å². The first kappa shape index (κ1) is 33.2. The van der Waals surface area contributed by atoms with Crippen LogP contribution in [0.25, 0.3) is 16.8 Å². The van der Waals surface area contributed by atoms with E-state index in [1.807, 2.05) is 109 Å². The molecule has 4 aromatic carbocycles. The van der Waals surface area contributed by atoms with Gasteiger partial charge in [-0.3, -0.25) is 0 Å². The highest BCUT2D eigenvalue weighted by atomic mass is 32.1. The van der Waals surface area contributed by atoms with Gasteiger partial charge in [0.2, 0.25) is 0 Å². The second-order valence-electron chi connectivity index (χ2n) is 12.8. The molecule has 0 atom stereocenters. The van der Waals surface area contributed by atoms with Crippen LogP contribution in [0.2, 0.25) is 0 Å². The number of carbonyl (C=O) groups is 2. The van der Waals surface area contributed by atoms with E-state index >= 15 is 0 Å². The second-order valence-corrected chi connectivity index (χ2v) is 13.8. The zero-order chi connectivity index (χ0) is 34.3. The molecule has 0 bridgehead atoms. The molecule has 0 saturated heterocycles. The molecular weight excluding hydrogens is 641 g/mol. The maximum Gasteiger partial charge on any atom is 0.339 e. The molecule has 2 heterocycles. The van der Waals surface area contributed by atoms with E-state index in [1.165, 1.54) is 11.1 Å². The maximum atomic E-state index is 13.9. The fourth-order valence-electron chi connectivity index (χ4n) is 6.66. The number of unbranched alkanes of at least 4 members (excludes halogenated alkanes) is 1. The van der Waals surface area contributed by atoms with Crippen LogP contribution < -0.4 is 4.74 Å². The van der Waals surface area contributed by atoms with E-state index < -0.39 is 0 Å². The first-order chi connectivity index (χ1) is 24.6. The Bertz CT molecular complexity index is 2150. The van der Waals surface area contributed by atoms with Crippen molar-refractivity contribution >= 4 is 40.1 Å². The van der Waals surface area contributed by atoms with Gasteiger partial charge < -0.3 is 14.0 Å². The minimum Gasteiger partial charge on any atom is -0.457 e. The number of benzene rings is 4. The van der Waals surface area contributed by atoms with E-state index in [4.69, 9.17) is 14.5 Å². The lowest BCUT2D eigenvalue weighted by molar-refractivity contribution is -0.130. The monoisotopic (exact) mass is 680 g/mol. The summed E-state index contributed by atoms with van der Waals surface area (Å²) in [6.07, 6.45) is 10.3. The average molecular weight is 681 g/mol. The highest BCUT2D eigenvalue weighted by Gasteiger charge is 2.20. The molecule has 6 nitrogen and oxygen atoms in total. The number of nitrogens with zero attached hydrogens (tertiary/aromatic N) is 2. The number of fused-ring (bicyclic) bond motifs is 2. The van der Waals surface area contributed by atoms with E-state index in [9.17, 15) is 9.59 Å². The van der Waals surface area contributed by atoms with Crippen LogP contribution in [0.15, 0.2) is 114 Å². The normalized spacial score (nSPS) is 12.6. The largest absolute Gasteiger partial charge is 0.457 e. The second kappa shape index (κ2) is 15.5. The number of aromatic nitrogens is 2. The van der Waals surface area contributed by atoms with E-state index in [1.54, 1.807) is 11.3 Å². The van der Waals surface area contributed by atoms with Gasteiger partial charge in [-0.05, 0) is 94.4 Å². The quantitative estimate of drug-likeness (QED) is 0.0691. The molecule has 50 heavy (non-hydrogen) atoms. The van der Waals surface area contributed by atoms with Gasteiger partial charge >= 0.3 is 11.9 Å². The minimum absolute atomic E-state index is 0.212. The van der Waals surface area contributed by atoms with E-state index in [0.29, 0.717) is 29.9 Å². The van der Waals surface area contributed by atoms with Crippen molar-refractivity contribution in [2.75, 3.05) is 0 Å². The molecule has 0 fully saturated rings. The molecule has 1 aliphatic carbocycles. The summed E-state index contributed by atoms with van der Waals surface area (Å²) in [5.74, 6) is 0.823. The van der Waals surface area contributed by atoms with Crippen LogP contribution in [0.3, 0.4) is 0 Å². The van der Waals surface area contributed by atoms with Crippen LogP contribution in [0, 0.1) is 0 Å². The van der Waals surface area contributed by atoms with Crippen molar-refractivity contribution in [2.45, 2.75) is 65.0 Å². The zero-order valence-corrected chi connectivity index (χ0v) is 29.1. The summed E-state index contributed by atoms with van der Waals surface area (Å²) in [7, 11) is 0. The van der Waals surface area contributed by atoms with E-state index in [0.717, 1.165) is 76.8 Å². The van der Waals surface area contributed by atoms with Gasteiger partial charge in [-0.15, -0.1) is 11.3 Å². The van der Waals surface area contributed by atoms with Crippen LogP contribution in [0.5, 0.6) is 5.75 Å². The van der Waals surface area contributed by atoms with Crippen LogP contribution in [-0.4, -0.2) is 21.5 Å². The van der Waals surface area contributed by atoms with Crippen LogP contribution in [0.4, 0.5) is 0 Å². The van der Waals surface area contributed by atoms with Gasteiger partial charge in [0, 0.05) is 29.8 Å². The Hall–Kier alpha value is -5.27. The molecule has 0 radical (unpaired) electrons. The highest BCUT2D eigenvalue weighted by molar-refractivity contribution is 7.09. The van der Waals surface area contributed by atoms with Crippen LogP contribution >= 0.6 is 11.3 Å². The Morgan fingerprint density at radius 3 is 2.54 bits per heavy atom. The summed E-state index contributed by atoms with van der Waals surface area (Å²) in [6, 6.07) is 31.6. The molecule has 7 heteroatoms. The van der Waals surface area contributed by atoms with Crippen molar-refractivity contribution in [1.82, 2.24) is 9.55 Å². The molecule has 0 N–H and O–H groups in total. The van der Waals surface area contributed by atoms with Gasteiger partial charge in [0.05, 0.1) is 17.5 Å². The third kappa shape index (κ3) is 7.63. The van der Waals surface area contributed by atoms with E-state index in [2.05, 4.69) is 17.6 Å². The predicted octanol–water partition coefficient (Wildman–Crippen LogP) is 9.57. The summed E-state index contributed by atoms with van der Waals surface area (Å²) in [5, 5.41) is 3.84. The number of aryl methyl sites for hydroxylation is 3. The fourth-order valence-corrected chi connectivity index (χ4v) is 7.38. The summed E-state index contributed by atoms with van der Waals surface area (Å²) >= 11 is 1.62. The molecule has 0 amide bonds. The number of hydrogen-bond donors (Lipinski definition) is 0. The van der Waals surface area contributed by atoms with Crippen molar-refractivity contribution in [3.05, 3.63) is 158 Å². The molecule has 252 valence electrons. The number of imidazole rings is 1. The van der Waals surface area contributed by atoms with Crippen molar-refractivity contribution in [3.63, 3.8) is 0 Å². The average Bonchev–Trinajstić information content (AvgIpc) is 3.92. The van der Waals surface area contributed by atoms with Crippen LogP contribution in [0.1, 0.15) is 75.2 Å². The summed E-state index contributed by atoms with van der Waals surface area (Å²) < 4.78 is 13.9. The lowest BCUT2D eigenvalue weighted by atomic mass is 9.99. The number of thiophene rings is 1. The zero-order valence-electron chi connectivity index (χ0n) is 28.3. The standard InChI is InChI=1S/C43H40N2O4S/c1-2-3-18-41-44-27-35(24-34(26-37-15-10-23-50-37)42(46)49-36-21-19-31-13-9-14-32(31)25-36)45(41)28-33-20-22-40(39-17-8-7-16-38(33)39)43(47)48-29-30-11-5-4-6-12-30/h4-8,10-12,15-17,19-25,27H,2-3,9,13-14,18,26,28-29H2,1H3. The molecule has 0 aliphatic heterocycles. The summed E-state index contributed by atoms with van der Waals surface area (Å²) in [6.45, 7) is 2.91. The Balaban J connectivity index is 1.21. The first-order valence-corrected chi connectivity index (χ1v) is 18.3. The molecule has 1 aliphatic rings. The third-order valence-electron chi connectivity index (χ3n) is 9.31. The lowest BCUT2D eigenvalue weighted by Gasteiger charge is -2.15. The van der Waals surface area contributed by atoms with Crippen molar-refractivity contribution in [1.29, 1.82) is 0 Å². The van der Waals surface area contributed by atoms with Gasteiger partial charge in [0.25, 0.3) is 0 Å². The SMILES string of the molecule is CCCCc1ncc(C=C(Cc2cccs2)C(=O)Oc2ccc3c(c2)CCC3)n1Cc1ccc(C(=O)OCc2ccccc2)c2ccccc12. The molecule has 6 aromatic rings. The summed E-state index contributed by atoms with van der Waals surface area (Å²) in [5.41, 5.74) is 6.53. The topological polar surface area (TPSA) is 70.4 Å². The summed E-state index contributed by atoms with van der Waals surface area (Å²) in [4.78, 5) is 33.1. The Labute approximate surface area is 297 Å². The Morgan fingerprint density at radius 2 is 1.72 bits per heavy atom. The number of esters is 2. The predicted molar refractivity (Wildman–Crippen MR) is 200 cm³/mol. The molecular formula is C43H40N2O4S. The molecule has 2 aromatic heterocycles. The van der Waals surface area contributed by atoms with Gasteiger partial charge in [-0.1, -0.05) is 86.1 Å². The third-order valence-corrected chi connectivity index (χ3v) is 10.2. The van der Waals surface area contributed by atoms with Gasteiger partial charge in [0.1, 0.15) is 18.2 Å². The number of rotatable bonds is 13. The number of hydrogen-bond acceptors (Lipinski definition) is 6. The van der Waals surface area contributed by atoms with Crippen LogP contribution in [-0.2, 0) is 48.4 Å². The molecule has 0 spiro atoms. The lowest BCUT2D eigenvalue weighted by Crippen LogP contribution is -2.14. The van der Waals surface area contributed by atoms with Crippen molar-refractivity contribution in [2.24, 2.45) is 0 Å². The number of carbonyl (C=O) groups excluding carboxylic acids is 2. The van der Waals surface area contributed by atoms with Crippen molar-refractivity contribution < 1.29 is 19.1 Å². The first-order valence-electron chi connectivity index (χ1n) is 17.4. The highest BCUT2D eigenvalue weighted by Crippen LogP contribution is 2.29. The van der Waals surface area contributed by atoms with Gasteiger partial charge in [-0.25, -0.2) is 14.6 Å². The fraction of sp³-hybridized carbons (Fsp3) is 0.233. The Morgan fingerprint density at radius 1 is 0.900 bits per heavy atom. The maximum absolute atomic E-state index is 13.9. The Kier molecular flexibility index (Phi) is 10.3. The van der Waals surface area contributed by atoms with Crippen molar-refractivity contribution in [3.8, 4) is 5.75 Å². The molecule has 0 unspecified atom stereocenters. The smallest absolute Gasteiger partial charge is 0.339 e. The minimum atomic E-state index is -0.358. The van der Waals surface area contributed by atoms with Gasteiger partial charge in [-0.2, -0.15) is 0 Å². The molecule has 0 saturated carbocycles. The van der Waals surface area contributed by atoms with Gasteiger partial charge in [0.15, 0.2) is 0 Å². The molecule has 7 rings (SSSR count). The number of ether oxygens (including phenoxy) is 2.